The Morgan fingerprint density at radius 3 is 2.77 bits per heavy atom. The van der Waals surface area contributed by atoms with E-state index in [0.29, 0.717) is 23.8 Å². The van der Waals surface area contributed by atoms with Crippen LogP contribution in [-0.4, -0.2) is 22.7 Å². The second kappa shape index (κ2) is 7.77. The normalized spacial score (nSPS) is 11.8. The number of rotatable bonds is 5. The van der Waals surface area contributed by atoms with Crippen LogP contribution in [0.3, 0.4) is 0 Å². The van der Waals surface area contributed by atoms with E-state index in [1.807, 2.05) is 37.3 Å². The molecule has 1 unspecified atom stereocenters. The standard InChI is InChI=1S/C16H18ClN3O2/c1-11-9-13(10-19-15(11)17)20-16(22)18-8-7-14(21)12-5-3-2-4-6-12/h2-6,9-10,14,21H,7-8H2,1H3,(H2,18,20,22). The predicted octanol–water partition coefficient (Wildman–Crippen LogP) is 3.29. The lowest BCUT2D eigenvalue weighted by Crippen LogP contribution is -2.30. The Labute approximate surface area is 134 Å². The van der Waals surface area contributed by atoms with Crippen molar-refractivity contribution >= 4 is 23.3 Å². The molecule has 5 nitrogen and oxygen atoms in total. The van der Waals surface area contributed by atoms with Gasteiger partial charge in [0.05, 0.1) is 18.0 Å². The van der Waals surface area contributed by atoms with Gasteiger partial charge < -0.3 is 15.7 Å². The average Bonchev–Trinajstić information content (AvgIpc) is 2.51. The van der Waals surface area contributed by atoms with Gasteiger partial charge in [0.15, 0.2) is 0 Å². The first kappa shape index (κ1) is 16.3. The number of urea groups is 1. The molecule has 0 aliphatic rings. The fourth-order valence-corrected chi connectivity index (χ4v) is 2.07. The molecule has 0 bridgehead atoms. The second-order valence-electron chi connectivity index (χ2n) is 4.93. The summed E-state index contributed by atoms with van der Waals surface area (Å²) in [6.07, 6.45) is 1.34. The highest BCUT2D eigenvalue weighted by Gasteiger charge is 2.08. The van der Waals surface area contributed by atoms with E-state index in [4.69, 9.17) is 11.6 Å². The van der Waals surface area contributed by atoms with Crippen LogP contribution in [0.15, 0.2) is 42.6 Å². The number of hydrogen-bond acceptors (Lipinski definition) is 3. The number of nitrogens with zero attached hydrogens (tertiary/aromatic N) is 1. The molecular weight excluding hydrogens is 302 g/mol. The third-order valence-electron chi connectivity index (χ3n) is 3.16. The molecule has 0 aliphatic carbocycles. The lowest BCUT2D eigenvalue weighted by Gasteiger charge is -2.12. The van der Waals surface area contributed by atoms with Gasteiger partial charge in [0.1, 0.15) is 5.15 Å². The Bertz CT molecular complexity index is 635. The third kappa shape index (κ3) is 4.72. The molecule has 3 N–H and O–H groups in total. The van der Waals surface area contributed by atoms with Gasteiger partial charge in [-0.15, -0.1) is 0 Å². The number of aromatic nitrogens is 1. The van der Waals surface area contributed by atoms with E-state index in [2.05, 4.69) is 15.6 Å². The lowest BCUT2D eigenvalue weighted by atomic mass is 10.1. The summed E-state index contributed by atoms with van der Waals surface area (Å²) in [7, 11) is 0. The van der Waals surface area contributed by atoms with Crippen molar-refractivity contribution < 1.29 is 9.90 Å². The van der Waals surface area contributed by atoms with Crippen molar-refractivity contribution in [3.05, 3.63) is 58.9 Å². The molecule has 2 aromatic rings. The number of benzene rings is 1. The monoisotopic (exact) mass is 319 g/mol. The van der Waals surface area contributed by atoms with Gasteiger partial charge in [0.2, 0.25) is 0 Å². The van der Waals surface area contributed by atoms with Gasteiger partial charge in [-0.3, -0.25) is 0 Å². The summed E-state index contributed by atoms with van der Waals surface area (Å²) in [6, 6.07) is 10.7. The molecule has 1 aromatic carbocycles. The first-order valence-electron chi connectivity index (χ1n) is 6.96. The fraction of sp³-hybridized carbons (Fsp3) is 0.250. The van der Waals surface area contributed by atoms with Crippen LogP contribution >= 0.6 is 11.6 Å². The zero-order chi connectivity index (χ0) is 15.9. The Morgan fingerprint density at radius 1 is 1.36 bits per heavy atom. The van der Waals surface area contributed by atoms with E-state index < -0.39 is 6.10 Å². The van der Waals surface area contributed by atoms with Crippen LogP contribution in [-0.2, 0) is 0 Å². The van der Waals surface area contributed by atoms with E-state index in [1.165, 1.54) is 6.20 Å². The molecule has 116 valence electrons. The summed E-state index contributed by atoms with van der Waals surface area (Å²) >= 11 is 5.83. The van der Waals surface area contributed by atoms with Crippen LogP contribution in [0, 0.1) is 6.92 Å². The largest absolute Gasteiger partial charge is 0.388 e. The summed E-state index contributed by atoms with van der Waals surface area (Å²) < 4.78 is 0. The van der Waals surface area contributed by atoms with Crippen LogP contribution in [0.2, 0.25) is 5.15 Å². The average molecular weight is 320 g/mol. The van der Waals surface area contributed by atoms with Crippen molar-refractivity contribution in [3.8, 4) is 0 Å². The van der Waals surface area contributed by atoms with Crippen LogP contribution in [0.4, 0.5) is 10.5 Å². The van der Waals surface area contributed by atoms with Gasteiger partial charge in [-0.25, -0.2) is 9.78 Å². The lowest BCUT2D eigenvalue weighted by molar-refractivity contribution is 0.167. The molecule has 22 heavy (non-hydrogen) atoms. The molecule has 1 heterocycles. The molecule has 0 fully saturated rings. The number of aliphatic hydroxyl groups excluding tert-OH is 1. The quantitative estimate of drug-likeness (QED) is 0.740. The number of nitrogens with one attached hydrogen (secondary N) is 2. The van der Waals surface area contributed by atoms with E-state index in [9.17, 15) is 9.90 Å². The Hall–Kier alpha value is -2.11. The van der Waals surface area contributed by atoms with Crippen molar-refractivity contribution in [1.29, 1.82) is 0 Å². The third-order valence-corrected chi connectivity index (χ3v) is 3.56. The summed E-state index contributed by atoms with van der Waals surface area (Å²) in [4.78, 5) is 15.7. The molecule has 1 atom stereocenters. The zero-order valence-corrected chi connectivity index (χ0v) is 13.0. The zero-order valence-electron chi connectivity index (χ0n) is 12.2. The predicted molar refractivity (Wildman–Crippen MR) is 87.0 cm³/mol. The number of hydrogen-bond donors (Lipinski definition) is 3. The van der Waals surface area contributed by atoms with Gasteiger partial charge in [0, 0.05) is 6.54 Å². The second-order valence-corrected chi connectivity index (χ2v) is 5.29. The Morgan fingerprint density at radius 2 is 2.09 bits per heavy atom. The van der Waals surface area contributed by atoms with Gasteiger partial charge in [-0.2, -0.15) is 0 Å². The summed E-state index contributed by atoms with van der Waals surface area (Å²) in [5, 5.41) is 15.8. The number of aliphatic hydroxyl groups is 1. The van der Waals surface area contributed by atoms with Crippen LogP contribution in [0.1, 0.15) is 23.7 Å². The highest BCUT2D eigenvalue weighted by atomic mass is 35.5. The Balaban J connectivity index is 1.77. The molecule has 2 rings (SSSR count). The summed E-state index contributed by atoms with van der Waals surface area (Å²) in [5.41, 5.74) is 2.20. The molecule has 0 radical (unpaired) electrons. The van der Waals surface area contributed by atoms with E-state index in [0.717, 1.165) is 11.1 Å². The molecule has 6 heteroatoms. The first-order chi connectivity index (χ1) is 10.6. The van der Waals surface area contributed by atoms with Crippen molar-refractivity contribution in [1.82, 2.24) is 10.3 Å². The Kier molecular flexibility index (Phi) is 5.75. The number of halogens is 1. The first-order valence-corrected chi connectivity index (χ1v) is 7.34. The van der Waals surface area contributed by atoms with Crippen molar-refractivity contribution in [3.63, 3.8) is 0 Å². The van der Waals surface area contributed by atoms with Crippen molar-refractivity contribution in [2.45, 2.75) is 19.4 Å². The SMILES string of the molecule is Cc1cc(NC(=O)NCCC(O)c2ccccc2)cnc1Cl. The molecule has 0 spiro atoms. The molecule has 1 aromatic heterocycles. The van der Waals surface area contributed by atoms with Gasteiger partial charge >= 0.3 is 6.03 Å². The minimum atomic E-state index is -0.596. The molecule has 0 saturated carbocycles. The molecule has 0 aliphatic heterocycles. The number of pyridine rings is 1. The van der Waals surface area contributed by atoms with Crippen LogP contribution in [0.5, 0.6) is 0 Å². The molecular formula is C16H18ClN3O2. The smallest absolute Gasteiger partial charge is 0.319 e. The number of amides is 2. The van der Waals surface area contributed by atoms with Gasteiger partial charge in [0.25, 0.3) is 0 Å². The van der Waals surface area contributed by atoms with Crippen LogP contribution in [0.25, 0.3) is 0 Å². The number of carbonyl (C=O) groups is 1. The van der Waals surface area contributed by atoms with Gasteiger partial charge in [-0.05, 0) is 30.5 Å². The van der Waals surface area contributed by atoms with Crippen molar-refractivity contribution in [2.75, 3.05) is 11.9 Å². The fourth-order valence-electron chi connectivity index (χ4n) is 1.97. The minimum absolute atomic E-state index is 0.344. The van der Waals surface area contributed by atoms with E-state index >= 15 is 0 Å². The van der Waals surface area contributed by atoms with E-state index in [1.54, 1.807) is 6.07 Å². The minimum Gasteiger partial charge on any atom is -0.388 e. The summed E-state index contributed by atoms with van der Waals surface area (Å²) in [6.45, 7) is 2.18. The number of anilines is 1. The summed E-state index contributed by atoms with van der Waals surface area (Å²) in [5.74, 6) is 0. The maximum Gasteiger partial charge on any atom is 0.319 e. The topological polar surface area (TPSA) is 74.2 Å². The van der Waals surface area contributed by atoms with Crippen molar-refractivity contribution in [2.24, 2.45) is 0 Å². The molecule has 0 saturated heterocycles. The maximum absolute atomic E-state index is 11.8. The highest BCUT2D eigenvalue weighted by molar-refractivity contribution is 6.30. The van der Waals surface area contributed by atoms with Crippen LogP contribution < -0.4 is 10.6 Å². The van der Waals surface area contributed by atoms with Gasteiger partial charge in [-0.1, -0.05) is 41.9 Å². The highest BCUT2D eigenvalue weighted by Crippen LogP contribution is 2.16. The maximum atomic E-state index is 11.8. The molecule has 2 amide bonds. The van der Waals surface area contributed by atoms with E-state index in [-0.39, 0.29) is 6.03 Å². The number of carbonyl (C=O) groups excluding carboxylic acids is 1. The number of aryl methyl sites for hydroxylation is 1.